The first-order chi connectivity index (χ1) is 13.9. The molecule has 1 fully saturated rings. The molecule has 2 aromatic rings. The highest BCUT2D eigenvalue weighted by molar-refractivity contribution is 7.89. The molecule has 156 valence electrons. The third-order valence-corrected chi connectivity index (χ3v) is 7.00. The van der Waals surface area contributed by atoms with Crippen molar-refractivity contribution in [1.29, 1.82) is 0 Å². The molecule has 1 atom stereocenters. The quantitative estimate of drug-likeness (QED) is 0.741. The number of benzene rings is 2. The number of nitrogens with zero attached hydrogens (tertiary/aromatic N) is 1. The van der Waals surface area contributed by atoms with E-state index >= 15 is 0 Å². The average Bonchev–Trinajstić information content (AvgIpc) is 2.74. The number of amides is 1. The van der Waals surface area contributed by atoms with Crippen LogP contribution in [0.5, 0.6) is 5.75 Å². The SMILES string of the molecule is CC[C@@H](Oc1ccccc1)C(=O)Nc1cc(S(=O)(=O)N2CCCCC2)ccc1C. The van der Waals surface area contributed by atoms with Crippen LogP contribution in [0.4, 0.5) is 5.69 Å². The van der Waals surface area contributed by atoms with E-state index in [2.05, 4.69) is 5.32 Å². The lowest BCUT2D eigenvalue weighted by molar-refractivity contribution is -0.122. The van der Waals surface area contributed by atoms with E-state index < -0.39 is 16.1 Å². The smallest absolute Gasteiger partial charge is 0.265 e. The molecule has 6 nitrogen and oxygen atoms in total. The Kier molecular flexibility index (Phi) is 6.92. The van der Waals surface area contributed by atoms with Gasteiger partial charge < -0.3 is 10.1 Å². The number of carbonyl (C=O) groups is 1. The molecule has 0 saturated carbocycles. The topological polar surface area (TPSA) is 75.7 Å². The van der Waals surface area contributed by atoms with Gasteiger partial charge >= 0.3 is 0 Å². The molecular weight excluding hydrogens is 388 g/mol. The van der Waals surface area contributed by atoms with Gasteiger partial charge in [0.2, 0.25) is 10.0 Å². The molecule has 0 radical (unpaired) electrons. The second-order valence-corrected chi connectivity index (χ2v) is 9.20. The molecule has 0 bridgehead atoms. The van der Waals surface area contributed by atoms with Crippen LogP contribution in [0.2, 0.25) is 0 Å². The predicted octanol–water partition coefficient (Wildman–Crippen LogP) is 3.97. The standard InChI is InChI=1S/C22H28N2O4S/c1-3-21(28-18-10-6-4-7-11-18)22(25)23-20-16-19(13-12-17(20)2)29(26,27)24-14-8-5-9-15-24/h4,6-7,10-13,16,21H,3,5,8-9,14-15H2,1-2H3,(H,23,25)/t21-/m1/s1. The van der Waals surface area contributed by atoms with Crippen LogP contribution in [-0.4, -0.2) is 37.8 Å². The molecule has 0 unspecified atom stereocenters. The summed E-state index contributed by atoms with van der Waals surface area (Å²) >= 11 is 0. The summed E-state index contributed by atoms with van der Waals surface area (Å²) in [7, 11) is -3.56. The van der Waals surface area contributed by atoms with Gasteiger partial charge in [0.05, 0.1) is 4.90 Å². The van der Waals surface area contributed by atoms with Gasteiger partial charge in [-0.15, -0.1) is 0 Å². The number of aryl methyl sites for hydroxylation is 1. The largest absolute Gasteiger partial charge is 0.481 e. The minimum Gasteiger partial charge on any atom is -0.481 e. The number of ether oxygens (including phenoxy) is 1. The van der Waals surface area contributed by atoms with E-state index in [1.54, 1.807) is 30.3 Å². The van der Waals surface area contributed by atoms with Crippen LogP contribution >= 0.6 is 0 Å². The van der Waals surface area contributed by atoms with Gasteiger partial charge in [-0.05, 0) is 56.0 Å². The summed E-state index contributed by atoms with van der Waals surface area (Å²) in [5.74, 6) is 0.319. The fourth-order valence-electron chi connectivity index (χ4n) is 3.35. The zero-order chi connectivity index (χ0) is 20.9. The monoisotopic (exact) mass is 416 g/mol. The van der Waals surface area contributed by atoms with E-state index in [4.69, 9.17) is 4.74 Å². The number of hydrogen-bond donors (Lipinski definition) is 1. The summed E-state index contributed by atoms with van der Waals surface area (Å²) in [6, 6.07) is 14.0. The number of anilines is 1. The Labute approximate surface area is 172 Å². The van der Waals surface area contributed by atoms with Gasteiger partial charge in [-0.25, -0.2) is 8.42 Å². The molecule has 1 aliphatic heterocycles. The zero-order valence-corrected chi connectivity index (χ0v) is 17.7. The zero-order valence-electron chi connectivity index (χ0n) is 16.9. The molecule has 2 aromatic carbocycles. The van der Waals surface area contributed by atoms with E-state index in [0.717, 1.165) is 24.8 Å². The van der Waals surface area contributed by atoms with Crippen LogP contribution in [0.15, 0.2) is 53.4 Å². The van der Waals surface area contributed by atoms with Gasteiger partial charge in [-0.3, -0.25) is 4.79 Å². The van der Waals surface area contributed by atoms with Gasteiger partial charge in [-0.2, -0.15) is 4.31 Å². The van der Waals surface area contributed by atoms with Crippen molar-refractivity contribution in [2.45, 2.75) is 50.5 Å². The number of nitrogens with one attached hydrogen (secondary N) is 1. The van der Waals surface area contributed by atoms with Crippen LogP contribution in [0.1, 0.15) is 38.2 Å². The molecule has 1 N–H and O–H groups in total. The fourth-order valence-corrected chi connectivity index (χ4v) is 4.89. The molecule has 3 rings (SSSR count). The van der Waals surface area contributed by atoms with E-state index in [0.29, 0.717) is 30.9 Å². The lowest BCUT2D eigenvalue weighted by Crippen LogP contribution is -2.36. The molecule has 0 aliphatic carbocycles. The van der Waals surface area contributed by atoms with Crippen molar-refractivity contribution in [2.24, 2.45) is 0 Å². The van der Waals surface area contributed by atoms with Gasteiger partial charge in [0.15, 0.2) is 6.10 Å². The Morgan fingerprint density at radius 1 is 1.10 bits per heavy atom. The summed E-state index contributed by atoms with van der Waals surface area (Å²) < 4.78 is 33.2. The van der Waals surface area contributed by atoms with Crippen molar-refractivity contribution >= 4 is 21.6 Å². The first kappa shape index (κ1) is 21.3. The molecule has 7 heteroatoms. The minimum atomic E-state index is -3.56. The third-order valence-electron chi connectivity index (χ3n) is 5.10. The second kappa shape index (κ2) is 9.41. The number of piperidine rings is 1. The predicted molar refractivity (Wildman–Crippen MR) is 114 cm³/mol. The summed E-state index contributed by atoms with van der Waals surface area (Å²) in [5, 5.41) is 2.85. The molecule has 0 spiro atoms. The number of hydrogen-bond acceptors (Lipinski definition) is 4. The van der Waals surface area contributed by atoms with Gasteiger partial charge in [0.25, 0.3) is 5.91 Å². The number of para-hydroxylation sites is 1. The maximum Gasteiger partial charge on any atom is 0.265 e. The van der Waals surface area contributed by atoms with Crippen LogP contribution < -0.4 is 10.1 Å². The first-order valence-electron chi connectivity index (χ1n) is 10.0. The van der Waals surface area contributed by atoms with Crippen molar-refractivity contribution in [1.82, 2.24) is 4.31 Å². The summed E-state index contributed by atoms with van der Waals surface area (Å²) in [6.45, 7) is 4.80. The maximum atomic E-state index is 13.0. The van der Waals surface area contributed by atoms with Crippen LogP contribution in [0.25, 0.3) is 0 Å². The third kappa shape index (κ3) is 5.16. The molecular formula is C22H28N2O4S. The Hall–Kier alpha value is -2.38. The molecule has 0 aromatic heterocycles. The Morgan fingerprint density at radius 2 is 1.79 bits per heavy atom. The second-order valence-electron chi connectivity index (χ2n) is 7.26. The van der Waals surface area contributed by atoms with Crippen molar-refractivity contribution in [3.05, 3.63) is 54.1 Å². The van der Waals surface area contributed by atoms with Crippen molar-refractivity contribution in [3.8, 4) is 5.75 Å². The Bertz CT molecular complexity index is 939. The van der Waals surface area contributed by atoms with E-state index in [1.807, 2.05) is 32.0 Å². The lowest BCUT2D eigenvalue weighted by atomic mass is 10.2. The van der Waals surface area contributed by atoms with Gasteiger partial charge in [0.1, 0.15) is 5.75 Å². The number of carbonyl (C=O) groups excluding carboxylic acids is 1. The highest BCUT2D eigenvalue weighted by atomic mass is 32.2. The highest BCUT2D eigenvalue weighted by Gasteiger charge is 2.27. The summed E-state index contributed by atoms with van der Waals surface area (Å²) in [5.41, 5.74) is 1.29. The molecule has 1 saturated heterocycles. The average molecular weight is 417 g/mol. The highest BCUT2D eigenvalue weighted by Crippen LogP contribution is 2.25. The fraction of sp³-hybridized carbons (Fsp3) is 0.409. The molecule has 1 heterocycles. The summed E-state index contributed by atoms with van der Waals surface area (Å²) in [6.07, 6.45) is 2.64. The maximum absolute atomic E-state index is 13.0. The van der Waals surface area contributed by atoms with Crippen LogP contribution in [0, 0.1) is 6.92 Å². The van der Waals surface area contributed by atoms with Gasteiger partial charge in [0, 0.05) is 18.8 Å². The van der Waals surface area contributed by atoms with Crippen molar-refractivity contribution in [3.63, 3.8) is 0 Å². The normalized spacial score (nSPS) is 16.2. The Balaban J connectivity index is 1.77. The molecule has 29 heavy (non-hydrogen) atoms. The summed E-state index contributed by atoms with van der Waals surface area (Å²) in [4.78, 5) is 13.0. The molecule has 1 aliphatic rings. The van der Waals surface area contributed by atoms with E-state index in [1.165, 1.54) is 4.31 Å². The van der Waals surface area contributed by atoms with Crippen LogP contribution in [-0.2, 0) is 14.8 Å². The lowest BCUT2D eigenvalue weighted by Gasteiger charge is -2.26. The molecule has 1 amide bonds. The van der Waals surface area contributed by atoms with Crippen LogP contribution in [0.3, 0.4) is 0 Å². The van der Waals surface area contributed by atoms with E-state index in [-0.39, 0.29) is 10.8 Å². The van der Waals surface area contributed by atoms with Gasteiger partial charge in [-0.1, -0.05) is 37.6 Å². The number of sulfonamides is 1. The van der Waals surface area contributed by atoms with Crippen molar-refractivity contribution < 1.29 is 17.9 Å². The number of rotatable bonds is 7. The minimum absolute atomic E-state index is 0.206. The van der Waals surface area contributed by atoms with Crippen molar-refractivity contribution in [2.75, 3.05) is 18.4 Å². The van der Waals surface area contributed by atoms with E-state index in [9.17, 15) is 13.2 Å². The Morgan fingerprint density at radius 3 is 2.45 bits per heavy atom. The first-order valence-corrected chi connectivity index (χ1v) is 11.5.